The van der Waals surface area contributed by atoms with E-state index in [9.17, 15) is 0 Å². The molecule has 1 aliphatic heterocycles. The van der Waals surface area contributed by atoms with Crippen molar-refractivity contribution in [1.29, 1.82) is 0 Å². The van der Waals surface area contributed by atoms with Crippen LogP contribution in [-0.2, 0) is 11.2 Å². The average molecular weight is 279 g/mol. The summed E-state index contributed by atoms with van der Waals surface area (Å²) in [4.78, 5) is 11.4. The molecule has 0 saturated carbocycles. The molecule has 0 radical (unpaired) electrons. The molecular formula is C14H25N5O. The minimum atomic E-state index is 0.345. The normalized spacial score (nSPS) is 17.8. The summed E-state index contributed by atoms with van der Waals surface area (Å²) >= 11 is 0. The molecule has 0 bridgehead atoms. The third-order valence-corrected chi connectivity index (χ3v) is 3.37. The summed E-state index contributed by atoms with van der Waals surface area (Å²) in [7, 11) is 1.88. The van der Waals surface area contributed by atoms with Crippen molar-refractivity contribution in [3.8, 4) is 0 Å². The molecule has 1 aliphatic rings. The van der Waals surface area contributed by atoms with Gasteiger partial charge in [0.1, 0.15) is 17.5 Å². The fourth-order valence-electron chi connectivity index (χ4n) is 2.33. The molecule has 6 heteroatoms. The van der Waals surface area contributed by atoms with Gasteiger partial charge in [-0.3, -0.25) is 4.90 Å². The van der Waals surface area contributed by atoms with Crippen LogP contribution in [0.3, 0.4) is 0 Å². The summed E-state index contributed by atoms with van der Waals surface area (Å²) in [5.41, 5.74) is 0. The van der Waals surface area contributed by atoms with Gasteiger partial charge in [-0.05, 0) is 6.92 Å². The summed E-state index contributed by atoms with van der Waals surface area (Å²) in [5.74, 6) is 2.61. The van der Waals surface area contributed by atoms with Gasteiger partial charge in [-0.15, -0.1) is 0 Å². The lowest BCUT2D eigenvalue weighted by Crippen LogP contribution is -2.42. The van der Waals surface area contributed by atoms with Crippen LogP contribution in [0.4, 0.5) is 11.6 Å². The maximum absolute atomic E-state index is 5.37. The third-order valence-electron chi connectivity index (χ3n) is 3.37. The number of rotatable bonds is 6. The van der Waals surface area contributed by atoms with Crippen LogP contribution in [-0.4, -0.2) is 60.8 Å². The molecular weight excluding hydrogens is 254 g/mol. The highest BCUT2D eigenvalue weighted by Crippen LogP contribution is 2.13. The largest absolute Gasteiger partial charge is 0.379 e. The number of nitrogens with zero attached hydrogens (tertiary/aromatic N) is 3. The van der Waals surface area contributed by atoms with E-state index in [1.807, 2.05) is 13.1 Å². The smallest absolute Gasteiger partial charge is 0.132 e. The van der Waals surface area contributed by atoms with E-state index in [1.54, 1.807) is 0 Å². The minimum absolute atomic E-state index is 0.345. The Hall–Kier alpha value is -1.40. The second kappa shape index (κ2) is 7.40. The van der Waals surface area contributed by atoms with Gasteiger partial charge in [0.25, 0.3) is 0 Å². The van der Waals surface area contributed by atoms with Gasteiger partial charge in [0, 0.05) is 45.2 Å². The first-order valence-corrected chi connectivity index (χ1v) is 7.33. The van der Waals surface area contributed by atoms with E-state index in [4.69, 9.17) is 4.74 Å². The highest BCUT2D eigenvalue weighted by molar-refractivity contribution is 5.47. The van der Waals surface area contributed by atoms with Crippen LogP contribution in [0.15, 0.2) is 6.07 Å². The van der Waals surface area contributed by atoms with E-state index in [0.29, 0.717) is 6.04 Å². The Morgan fingerprint density at radius 3 is 2.65 bits per heavy atom. The molecule has 2 heterocycles. The Labute approximate surface area is 120 Å². The molecule has 1 saturated heterocycles. The van der Waals surface area contributed by atoms with Gasteiger partial charge in [0.15, 0.2) is 0 Å². The number of hydrogen-bond donors (Lipinski definition) is 2. The zero-order valence-corrected chi connectivity index (χ0v) is 12.6. The third kappa shape index (κ3) is 4.31. The molecule has 1 aromatic rings. The quantitative estimate of drug-likeness (QED) is 0.816. The van der Waals surface area contributed by atoms with Crippen molar-refractivity contribution in [3.05, 3.63) is 11.9 Å². The van der Waals surface area contributed by atoms with Crippen LogP contribution in [0.25, 0.3) is 0 Å². The zero-order valence-electron chi connectivity index (χ0n) is 12.6. The van der Waals surface area contributed by atoms with Gasteiger partial charge in [0.05, 0.1) is 13.2 Å². The number of nitrogens with one attached hydrogen (secondary N) is 2. The van der Waals surface area contributed by atoms with Crippen molar-refractivity contribution < 1.29 is 4.74 Å². The molecule has 0 amide bonds. The summed E-state index contributed by atoms with van der Waals surface area (Å²) in [6.45, 7) is 8.95. The highest BCUT2D eigenvalue weighted by Gasteiger charge is 2.14. The maximum atomic E-state index is 5.37. The zero-order chi connectivity index (χ0) is 14.4. The second-order valence-corrected chi connectivity index (χ2v) is 5.12. The van der Waals surface area contributed by atoms with Crippen molar-refractivity contribution in [2.75, 3.05) is 50.5 Å². The van der Waals surface area contributed by atoms with Crippen molar-refractivity contribution in [2.45, 2.75) is 26.3 Å². The molecule has 1 unspecified atom stereocenters. The van der Waals surface area contributed by atoms with Crippen LogP contribution in [0.2, 0.25) is 0 Å². The Morgan fingerprint density at radius 2 is 2.00 bits per heavy atom. The van der Waals surface area contributed by atoms with E-state index in [-0.39, 0.29) is 0 Å². The van der Waals surface area contributed by atoms with E-state index in [1.165, 1.54) is 0 Å². The Balaban J connectivity index is 1.93. The lowest BCUT2D eigenvalue weighted by molar-refractivity contribution is 0.0368. The monoisotopic (exact) mass is 279 g/mol. The molecule has 1 fully saturated rings. The number of ether oxygens (including phenoxy) is 1. The number of anilines is 2. The highest BCUT2D eigenvalue weighted by atomic mass is 16.5. The summed E-state index contributed by atoms with van der Waals surface area (Å²) < 4.78 is 5.37. The van der Waals surface area contributed by atoms with E-state index >= 15 is 0 Å². The molecule has 2 N–H and O–H groups in total. The van der Waals surface area contributed by atoms with Crippen LogP contribution in [0.1, 0.15) is 19.7 Å². The van der Waals surface area contributed by atoms with Crippen molar-refractivity contribution in [3.63, 3.8) is 0 Å². The van der Waals surface area contributed by atoms with Gasteiger partial charge in [-0.2, -0.15) is 0 Å². The Morgan fingerprint density at radius 1 is 1.30 bits per heavy atom. The predicted octanol–water partition coefficient (Wildman–Crippen LogP) is 1.21. The maximum Gasteiger partial charge on any atom is 0.132 e. The number of aryl methyl sites for hydroxylation is 1. The average Bonchev–Trinajstić information content (AvgIpc) is 2.47. The van der Waals surface area contributed by atoms with Crippen LogP contribution in [0, 0.1) is 0 Å². The Kier molecular flexibility index (Phi) is 5.55. The molecule has 0 aliphatic carbocycles. The number of morpholine rings is 1. The van der Waals surface area contributed by atoms with E-state index < -0.39 is 0 Å². The van der Waals surface area contributed by atoms with Crippen molar-refractivity contribution in [2.24, 2.45) is 0 Å². The summed E-state index contributed by atoms with van der Waals surface area (Å²) in [5, 5.41) is 6.54. The van der Waals surface area contributed by atoms with Crippen LogP contribution >= 0.6 is 0 Å². The van der Waals surface area contributed by atoms with Crippen molar-refractivity contribution >= 4 is 11.6 Å². The fraction of sp³-hybridized carbons (Fsp3) is 0.714. The topological polar surface area (TPSA) is 62.3 Å². The first kappa shape index (κ1) is 15.0. The molecule has 6 nitrogen and oxygen atoms in total. The standard InChI is InChI=1S/C14H25N5O/c1-4-12-17-13(15-3)9-14(18-12)16-11(2)10-19-5-7-20-8-6-19/h9,11H,4-8,10H2,1-3H3,(H2,15,16,17,18). The fourth-order valence-corrected chi connectivity index (χ4v) is 2.33. The first-order valence-electron chi connectivity index (χ1n) is 7.33. The summed E-state index contributed by atoms with van der Waals surface area (Å²) in [6, 6.07) is 2.30. The van der Waals surface area contributed by atoms with E-state index in [0.717, 1.165) is 56.7 Å². The molecule has 1 aromatic heterocycles. The molecule has 1 atom stereocenters. The van der Waals surface area contributed by atoms with Gasteiger partial charge in [-0.25, -0.2) is 9.97 Å². The van der Waals surface area contributed by atoms with Crippen LogP contribution in [0.5, 0.6) is 0 Å². The van der Waals surface area contributed by atoms with Gasteiger partial charge < -0.3 is 15.4 Å². The van der Waals surface area contributed by atoms with Crippen LogP contribution < -0.4 is 10.6 Å². The van der Waals surface area contributed by atoms with E-state index in [2.05, 4.69) is 39.3 Å². The van der Waals surface area contributed by atoms with Gasteiger partial charge >= 0.3 is 0 Å². The lowest BCUT2D eigenvalue weighted by Gasteiger charge is -2.29. The van der Waals surface area contributed by atoms with Crippen molar-refractivity contribution in [1.82, 2.24) is 14.9 Å². The number of hydrogen-bond acceptors (Lipinski definition) is 6. The minimum Gasteiger partial charge on any atom is -0.379 e. The molecule has 2 rings (SSSR count). The lowest BCUT2D eigenvalue weighted by atomic mass is 10.3. The van der Waals surface area contributed by atoms with Gasteiger partial charge in [0.2, 0.25) is 0 Å². The first-order chi connectivity index (χ1) is 9.71. The van der Waals surface area contributed by atoms with Gasteiger partial charge in [-0.1, -0.05) is 6.92 Å². The predicted molar refractivity (Wildman–Crippen MR) is 81.3 cm³/mol. The second-order valence-electron chi connectivity index (χ2n) is 5.12. The molecule has 20 heavy (non-hydrogen) atoms. The summed E-state index contributed by atoms with van der Waals surface area (Å²) in [6.07, 6.45) is 0.835. The SMILES string of the molecule is CCc1nc(NC)cc(NC(C)CN2CCOCC2)n1. The molecule has 0 aromatic carbocycles. The number of aromatic nitrogens is 2. The molecule has 0 spiro atoms. The molecule has 112 valence electrons. The Bertz CT molecular complexity index is 398.